The molecule has 2 atom stereocenters. The summed E-state index contributed by atoms with van der Waals surface area (Å²) in [6.45, 7) is 9.01. The predicted octanol–water partition coefficient (Wildman–Crippen LogP) is 2.10. The van der Waals surface area contributed by atoms with E-state index in [1.54, 1.807) is 6.26 Å². The van der Waals surface area contributed by atoms with E-state index in [0.717, 1.165) is 32.1 Å². The lowest BCUT2D eigenvalue weighted by Gasteiger charge is -2.36. The molecular weight excluding hydrogens is 200 g/mol. The van der Waals surface area contributed by atoms with Gasteiger partial charge in [-0.05, 0) is 12.0 Å². The molecular formula is C13H22N2O. The maximum atomic E-state index is 5.11. The van der Waals surface area contributed by atoms with E-state index in [4.69, 9.17) is 4.42 Å². The van der Waals surface area contributed by atoms with E-state index in [0.29, 0.717) is 6.04 Å². The van der Waals surface area contributed by atoms with Gasteiger partial charge in [0.05, 0.1) is 12.5 Å². The summed E-state index contributed by atoms with van der Waals surface area (Å²) in [6.07, 6.45) is 4.85. The highest BCUT2D eigenvalue weighted by Crippen LogP contribution is 2.14. The van der Waals surface area contributed by atoms with Crippen molar-refractivity contribution in [2.24, 2.45) is 5.92 Å². The molecule has 3 nitrogen and oxygen atoms in total. The summed E-state index contributed by atoms with van der Waals surface area (Å²) < 4.78 is 5.11. The quantitative estimate of drug-likeness (QED) is 0.845. The largest absolute Gasteiger partial charge is 0.472 e. The number of nitrogens with one attached hydrogen (secondary N) is 1. The Balaban J connectivity index is 1.87. The van der Waals surface area contributed by atoms with Gasteiger partial charge in [0.2, 0.25) is 0 Å². The predicted molar refractivity (Wildman–Crippen MR) is 65.2 cm³/mol. The molecule has 0 aromatic carbocycles. The molecule has 0 bridgehead atoms. The Kier molecular flexibility index (Phi) is 4.02. The van der Waals surface area contributed by atoms with Gasteiger partial charge in [0.15, 0.2) is 0 Å². The third kappa shape index (κ3) is 2.86. The van der Waals surface area contributed by atoms with Gasteiger partial charge in [0, 0.05) is 37.8 Å². The van der Waals surface area contributed by atoms with Crippen molar-refractivity contribution in [3.8, 4) is 0 Å². The van der Waals surface area contributed by atoms with E-state index >= 15 is 0 Å². The number of nitrogens with zero attached hydrogens (tertiary/aromatic N) is 1. The van der Waals surface area contributed by atoms with E-state index in [-0.39, 0.29) is 0 Å². The normalized spacial score (nSPS) is 24.5. The molecule has 0 aliphatic carbocycles. The van der Waals surface area contributed by atoms with Crippen LogP contribution in [0.25, 0.3) is 0 Å². The molecule has 0 saturated carbocycles. The highest BCUT2D eigenvalue weighted by Gasteiger charge is 2.23. The Morgan fingerprint density at radius 1 is 1.62 bits per heavy atom. The van der Waals surface area contributed by atoms with Crippen LogP contribution in [0.5, 0.6) is 0 Å². The lowest BCUT2D eigenvalue weighted by molar-refractivity contribution is 0.162. The first kappa shape index (κ1) is 11.7. The van der Waals surface area contributed by atoms with Gasteiger partial charge in [-0.15, -0.1) is 0 Å². The summed E-state index contributed by atoms with van der Waals surface area (Å²) in [5.41, 5.74) is 1.28. The van der Waals surface area contributed by atoms with Crippen LogP contribution in [0.15, 0.2) is 23.0 Å². The summed E-state index contributed by atoms with van der Waals surface area (Å²) in [6, 6.07) is 2.70. The minimum atomic E-state index is 0.644. The molecule has 1 aliphatic rings. The van der Waals surface area contributed by atoms with Gasteiger partial charge >= 0.3 is 0 Å². The SMILES string of the molecule is CCC(C)C1CN(Cc2ccoc2)CCN1. The first-order valence-electron chi connectivity index (χ1n) is 6.26. The van der Waals surface area contributed by atoms with Crippen molar-refractivity contribution in [1.29, 1.82) is 0 Å². The average molecular weight is 222 g/mol. The molecule has 0 amide bonds. The fourth-order valence-electron chi connectivity index (χ4n) is 2.29. The number of furan rings is 1. The molecule has 0 spiro atoms. The maximum absolute atomic E-state index is 5.11. The standard InChI is InChI=1S/C13H22N2O/c1-3-11(2)13-9-15(6-5-14-13)8-12-4-7-16-10-12/h4,7,10-11,13-14H,3,5-6,8-9H2,1-2H3. The van der Waals surface area contributed by atoms with Gasteiger partial charge in [0.25, 0.3) is 0 Å². The van der Waals surface area contributed by atoms with Crippen molar-refractivity contribution in [1.82, 2.24) is 10.2 Å². The molecule has 1 N–H and O–H groups in total. The molecule has 2 unspecified atom stereocenters. The third-order valence-corrected chi connectivity index (χ3v) is 3.61. The zero-order valence-corrected chi connectivity index (χ0v) is 10.3. The highest BCUT2D eigenvalue weighted by atomic mass is 16.3. The second-order valence-corrected chi connectivity index (χ2v) is 4.81. The van der Waals surface area contributed by atoms with Crippen LogP contribution in [-0.4, -0.2) is 30.6 Å². The van der Waals surface area contributed by atoms with Crippen molar-refractivity contribution >= 4 is 0 Å². The summed E-state index contributed by atoms with van der Waals surface area (Å²) >= 11 is 0. The zero-order chi connectivity index (χ0) is 11.4. The summed E-state index contributed by atoms with van der Waals surface area (Å²) in [7, 11) is 0. The van der Waals surface area contributed by atoms with Crippen LogP contribution < -0.4 is 5.32 Å². The van der Waals surface area contributed by atoms with E-state index < -0.39 is 0 Å². The zero-order valence-electron chi connectivity index (χ0n) is 10.3. The fourth-order valence-corrected chi connectivity index (χ4v) is 2.29. The van der Waals surface area contributed by atoms with E-state index in [9.17, 15) is 0 Å². The molecule has 2 rings (SSSR count). The van der Waals surface area contributed by atoms with Crippen molar-refractivity contribution in [3.63, 3.8) is 0 Å². The number of hydrogen-bond donors (Lipinski definition) is 1. The van der Waals surface area contributed by atoms with Gasteiger partial charge in [-0.3, -0.25) is 4.90 Å². The van der Waals surface area contributed by atoms with Crippen molar-refractivity contribution in [2.75, 3.05) is 19.6 Å². The molecule has 0 radical (unpaired) electrons. The molecule has 16 heavy (non-hydrogen) atoms. The Morgan fingerprint density at radius 3 is 3.19 bits per heavy atom. The van der Waals surface area contributed by atoms with Gasteiger partial charge in [-0.2, -0.15) is 0 Å². The fraction of sp³-hybridized carbons (Fsp3) is 0.692. The average Bonchev–Trinajstić information content (AvgIpc) is 2.81. The second kappa shape index (κ2) is 5.51. The van der Waals surface area contributed by atoms with Crippen molar-refractivity contribution in [3.05, 3.63) is 24.2 Å². The Morgan fingerprint density at radius 2 is 2.50 bits per heavy atom. The third-order valence-electron chi connectivity index (χ3n) is 3.61. The maximum Gasteiger partial charge on any atom is 0.0947 e. The molecule has 2 heterocycles. The Labute approximate surface area is 97.8 Å². The second-order valence-electron chi connectivity index (χ2n) is 4.81. The number of hydrogen-bond acceptors (Lipinski definition) is 3. The minimum Gasteiger partial charge on any atom is -0.472 e. The molecule has 3 heteroatoms. The number of rotatable bonds is 4. The Hall–Kier alpha value is -0.800. The Bertz CT molecular complexity index is 297. The smallest absolute Gasteiger partial charge is 0.0947 e. The molecule has 90 valence electrons. The molecule has 1 aromatic heterocycles. The highest BCUT2D eigenvalue weighted by molar-refractivity contribution is 5.05. The van der Waals surface area contributed by atoms with Gasteiger partial charge < -0.3 is 9.73 Å². The lowest BCUT2D eigenvalue weighted by atomic mass is 9.97. The van der Waals surface area contributed by atoms with Crippen LogP contribution >= 0.6 is 0 Å². The molecule has 1 saturated heterocycles. The van der Waals surface area contributed by atoms with Crippen LogP contribution in [0.1, 0.15) is 25.8 Å². The van der Waals surface area contributed by atoms with Crippen LogP contribution in [0.4, 0.5) is 0 Å². The van der Waals surface area contributed by atoms with E-state index in [2.05, 4.69) is 30.1 Å². The monoisotopic (exact) mass is 222 g/mol. The summed E-state index contributed by atoms with van der Waals surface area (Å²) in [5, 5.41) is 3.61. The van der Waals surface area contributed by atoms with Crippen LogP contribution in [-0.2, 0) is 6.54 Å². The van der Waals surface area contributed by atoms with Crippen LogP contribution in [0.3, 0.4) is 0 Å². The van der Waals surface area contributed by atoms with Crippen LogP contribution in [0.2, 0.25) is 0 Å². The molecule has 1 fully saturated rings. The van der Waals surface area contributed by atoms with Crippen molar-refractivity contribution in [2.45, 2.75) is 32.9 Å². The topological polar surface area (TPSA) is 28.4 Å². The van der Waals surface area contributed by atoms with E-state index in [1.165, 1.54) is 12.0 Å². The van der Waals surface area contributed by atoms with Gasteiger partial charge in [-0.25, -0.2) is 0 Å². The van der Waals surface area contributed by atoms with Crippen molar-refractivity contribution < 1.29 is 4.42 Å². The van der Waals surface area contributed by atoms with Gasteiger partial charge in [0.1, 0.15) is 0 Å². The summed E-state index contributed by atoms with van der Waals surface area (Å²) in [5.74, 6) is 0.757. The lowest BCUT2D eigenvalue weighted by Crippen LogP contribution is -2.52. The summed E-state index contributed by atoms with van der Waals surface area (Å²) in [4.78, 5) is 2.51. The van der Waals surface area contributed by atoms with E-state index in [1.807, 2.05) is 6.26 Å². The minimum absolute atomic E-state index is 0.644. The first-order chi connectivity index (χ1) is 7.79. The number of piperazine rings is 1. The van der Waals surface area contributed by atoms with Gasteiger partial charge in [-0.1, -0.05) is 20.3 Å². The van der Waals surface area contributed by atoms with Crippen LogP contribution in [0, 0.1) is 5.92 Å². The molecule has 1 aromatic rings. The first-order valence-corrected chi connectivity index (χ1v) is 6.26. The molecule has 1 aliphatic heterocycles.